The van der Waals surface area contributed by atoms with E-state index < -0.39 is 5.60 Å². The number of hydrogen-bond acceptors (Lipinski definition) is 3. The van der Waals surface area contributed by atoms with Crippen molar-refractivity contribution in [2.75, 3.05) is 19.6 Å². The summed E-state index contributed by atoms with van der Waals surface area (Å²) < 4.78 is 6.12. The molecular formula is C18H24ClIN2O3. The van der Waals surface area contributed by atoms with Crippen LogP contribution in [-0.4, -0.2) is 42.1 Å². The Morgan fingerprint density at radius 3 is 2.52 bits per heavy atom. The topological polar surface area (TPSA) is 58.6 Å². The number of hydrogen-bond donors (Lipinski definition) is 1. The van der Waals surface area contributed by atoms with Gasteiger partial charge in [-0.05, 0) is 80.3 Å². The number of halogens is 2. The minimum atomic E-state index is -0.490. The van der Waals surface area contributed by atoms with E-state index in [0.29, 0.717) is 36.1 Å². The van der Waals surface area contributed by atoms with Gasteiger partial charge in [-0.15, -0.1) is 0 Å². The van der Waals surface area contributed by atoms with E-state index >= 15 is 0 Å². The minimum absolute atomic E-state index is 0.0353. The fourth-order valence-electron chi connectivity index (χ4n) is 2.69. The normalized spacial score (nSPS) is 15.8. The number of ether oxygens (including phenoxy) is 1. The molecule has 1 heterocycles. The van der Waals surface area contributed by atoms with Crippen LogP contribution >= 0.6 is 34.2 Å². The highest BCUT2D eigenvalue weighted by atomic mass is 127. The molecule has 25 heavy (non-hydrogen) atoms. The monoisotopic (exact) mass is 478 g/mol. The first-order valence-corrected chi connectivity index (χ1v) is 9.82. The van der Waals surface area contributed by atoms with Crippen LogP contribution in [0.1, 0.15) is 44.0 Å². The molecule has 7 heteroatoms. The largest absolute Gasteiger partial charge is 0.444 e. The van der Waals surface area contributed by atoms with Crippen LogP contribution in [0.2, 0.25) is 5.02 Å². The van der Waals surface area contributed by atoms with E-state index in [2.05, 4.69) is 27.9 Å². The first-order valence-electron chi connectivity index (χ1n) is 8.37. The second-order valence-corrected chi connectivity index (χ2v) is 8.82. The summed E-state index contributed by atoms with van der Waals surface area (Å²) in [6, 6.07) is 5.35. The summed E-state index contributed by atoms with van der Waals surface area (Å²) >= 11 is 8.14. The number of benzene rings is 1. The predicted molar refractivity (Wildman–Crippen MR) is 107 cm³/mol. The SMILES string of the molecule is CC(C)(C)OC(=O)NCC1CCN(C(=O)c2ccc(Cl)c(I)c2)CC1. The highest BCUT2D eigenvalue weighted by molar-refractivity contribution is 14.1. The average molecular weight is 479 g/mol. The van der Waals surface area contributed by atoms with Crippen molar-refractivity contribution in [3.05, 3.63) is 32.4 Å². The van der Waals surface area contributed by atoms with Crippen molar-refractivity contribution in [3.63, 3.8) is 0 Å². The highest BCUT2D eigenvalue weighted by Crippen LogP contribution is 2.23. The van der Waals surface area contributed by atoms with Gasteiger partial charge in [0.1, 0.15) is 5.60 Å². The molecule has 0 spiro atoms. The van der Waals surface area contributed by atoms with Crippen molar-refractivity contribution in [1.82, 2.24) is 10.2 Å². The first-order chi connectivity index (χ1) is 11.7. The number of alkyl carbamates (subject to hydrolysis) is 1. The molecule has 0 bridgehead atoms. The molecule has 1 fully saturated rings. The summed E-state index contributed by atoms with van der Waals surface area (Å²) in [5.74, 6) is 0.398. The maximum Gasteiger partial charge on any atom is 0.407 e. The van der Waals surface area contributed by atoms with Gasteiger partial charge < -0.3 is 15.0 Å². The van der Waals surface area contributed by atoms with E-state index in [-0.39, 0.29) is 12.0 Å². The Kier molecular flexibility index (Phi) is 6.96. The van der Waals surface area contributed by atoms with Crippen LogP contribution in [0.3, 0.4) is 0 Å². The number of nitrogens with zero attached hydrogens (tertiary/aromatic N) is 1. The second-order valence-electron chi connectivity index (χ2n) is 7.25. The van der Waals surface area contributed by atoms with Gasteiger partial charge in [-0.2, -0.15) is 0 Å². The van der Waals surface area contributed by atoms with E-state index in [9.17, 15) is 9.59 Å². The van der Waals surface area contributed by atoms with Crippen molar-refractivity contribution >= 4 is 46.2 Å². The molecule has 0 unspecified atom stereocenters. The Morgan fingerprint density at radius 2 is 1.96 bits per heavy atom. The molecule has 1 saturated heterocycles. The minimum Gasteiger partial charge on any atom is -0.444 e. The van der Waals surface area contributed by atoms with Gasteiger partial charge >= 0.3 is 6.09 Å². The van der Waals surface area contributed by atoms with Gasteiger partial charge in [-0.3, -0.25) is 4.79 Å². The van der Waals surface area contributed by atoms with E-state index in [1.54, 1.807) is 12.1 Å². The zero-order valence-corrected chi connectivity index (χ0v) is 17.7. The molecule has 1 aliphatic heterocycles. The molecule has 1 aromatic rings. The highest BCUT2D eigenvalue weighted by Gasteiger charge is 2.25. The van der Waals surface area contributed by atoms with Gasteiger partial charge in [0.15, 0.2) is 0 Å². The molecule has 1 aromatic carbocycles. The Labute approximate surface area is 167 Å². The number of rotatable bonds is 3. The first kappa shape index (κ1) is 20.3. The van der Waals surface area contributed by atoms with Gasteiger partial charge in [-0.25, -0.2) is 4.79 Å². The maximum absolute atomic E-state index is 12.6. The van der Waals surface area contributed by atoms with Crippen LogP contribution in [0.5, 0.6) is 0 Å². The molecule has 2 rings (SSSR count). The summed E-state index contributed by atoms with van der Waals surface area (Å²) in [5.41, 5.74) is 0.176. The molecule has 138 valence electrons. The number of likely N-dealkylation sites (tertiary alicyclic amines) is 1. The molecule has 2 amide bonds. The van der Waals surface area contributed by atoms with Crippen molar-refractivity contribution in [2.24, 2.45) is 5.92 Å². The lowest BCUT2D eigenvalue weighted by Crippen LogP contribution is -2.42. The Balaban J connectivity index is 1.80. The third-order valence-corrected chi connectivity index (χ3v) is 5.54. The summed E-state index contributed by atoms with van der Waals surface area (Å²) in [7, 11) is 0. The molecule has 0 radical (unpaired) electrons. The number of carbonyl (C=O) groups excluding carboxylic acids is 2. The number of nitrogens with one attached hydrogen (secondary N) is 1. The third kappa shape index (κ3) is 6.33. The van der Waals surface area contributed by atoms with Crippen LogP contribution in [-0.2, 0) is 4.74 Å². The van der Waals surface area contributed by atoms with Gasteiger partial charge in [0.25, 0.3) is 5.91 Å². The number of carbonyl (C=O) groups is 2. The van der Waals surface area contributed by atoms with Gasteiger partial charge in [0.05, 0.1) is 5.02 Å². The zero-order valence-electron chi connectivity index (χ0n) is 14.8. The van der Waals surface area contributed by atoms with E-state index in [1.165, 1.54) is 0 Å². The molecule has 0 aliphatic carbocycles. The summed E-state index contributed by atoms with van der Waals surface area (Å²) in [6.45, 7) is 7.49. The van der Waals surface area contributed by atoms with Crippen LogP contribution < -0.4 is 5.32 Å². The van der Waals surface area contributed by atoms with Crippen LogP contribution in [0, 0.1) is 9.49 Å². The van der Waals surface area contributed by atoms with Gasteiger partial charge in [0.2, 0.25) is 0 Å². The summed E-state index contributed by atoms with van der Waals surface area (Å²) in [5, 5.41) is 3.47. The fraction of sp³-hybridized carbons (Fsp3) is 0.556. The quantitative estimate of drug-likeness (QED) is 0.658. The molecule has 0 atom stereocenters. The third-order valence-electron chi connectivity index (χ3n) is 4.00. The predicted octanol–water partition coefficient (Wildman–Crippen LogP) is 4.32. The van der Waals surface area contributed by atoms with Gasteiger partial charge in [-0.1, -0.05) is 11.6 Å². The van der Waals surface area contributed by atoms with Crippen molar-refractivity contribution in [2.45, 2.75) is 39.2 Å². The van der Waals surface area contributed by atoms with Crippen molar-refractivity contribution in [3.8, 4) is 0 Å². The Morgan fingerprint density at radius 1 is 1.32 bits per heavy atom. The second kappa shape index (κ2) is 8.58. The van der Waals surface area contributed by atoms with Crippen molar-refractivity contribution in [1.29, 1.82) is 0 Å². The fourth-order valence-corrected chi connectivity index (χ4v) is 3.33. The Hall–Kier alpha value is -1.02. The van der Waals surface area contributed by atoms with Gasteiger partial charge in [0, 0.05) is 28.8 Å². The van der Waals surface area contributed by atoms with Crippen LogP contribution in [0.25, 0.3) is 0 Å². The molecule has 0 aromatic heterocycles. The van der Waals surface area contributed by atoms with Crippen LogP contribution in [0.15, 0.2) is 18.2 Å². The summed E-state index contributed by atoms with van der Waals surface area (Å²) in [4.78, 5) is 26.2. The number of amides is 2. The molecule has 5 nitrogen and oxygen atoms in total. The van der Waals surface area contributed by atoms with Crippen LogP contribution in [0.4, 0.5) is 4.79 Å². The zero-order chi connectivity index (χ0) is 18.6. The molecule has 1 N–H and O–H groups in total. The Bertz CT molecular complexity index is 638. The van der Waals surface area contributed by atoms with E-state index in [4.69, 9.17) is 16.3 Å². The summed E-state index contributed by atoms with van der Waals surface area (Å²) in [6.07, 6.45) is 1.35. The smallest absolute Gasteiger partial charge is 0.407 e. The number of piperidine rings is 1. The van der Waals surface area contributed by atoms with Crippen molar-refractivity contribution < 1.29 is 14.3 Å². The average Bonchev–Trinajstić information content (AvgIpc) is 2.54. The molecular weight excluding hydrogens is 455 g/mol. The lowest BCUT2D eigenvalue weighted by atomic mass is 9.96. The lowest BCUT2D eigenvalue weighted by Gasteiger charge is -2.32. The lowest BCUT2D eigenvalue weighted by molar-refractivity contribution is 0.0500. The molecule has 0 saturated carbocycles. The van der Waals surface area contributed by atoms with E-state index in [1.807, 2.05) is 31.7 Å². The molecule has 1 aliphatic rings. The van der Waals surface area contributed by atoms with E-state index in [0.717, 1.165) is 16.4 Å². The standard InChI is InChI=1S/C18H24ClIN2O3/c1-18(2,3)25-17(24)21-11-12-6-8-22(9-7-12)16(23)13-4-5-14(19)15(20)10-13/h4-5,10,12H,6-9,11H2,1-3H3,(H,21,24). The maximum atomic E-state index is 12.6.